The Morgan fingerprint density at radius 2 is 2.26 bits per heavy atom. The van der Waals surface area contributed by atoms with Gasteiger partial charge in [-0.15, -0.1) is 0 Å². The molecule has 0 aliphatic carbocycles. The molecule has 1 aliphatic heterocycles. The van der Waals surface area contributed by atoms with E-state index in [0.717, 1.165) is 12.8 Å². The summed E-state index contributed by atoms with van der Waals surface area (Å²) in [5.74, 6) is -0.739. The molecule has 2 unspecified atom stereocenters. The molecule has 104 valence electrons. The Labute approximate surface area is 111 Å². The summed E-state index contributed by atoms with van der Waals surface area (Å²) in [6.45, 7) is 2.62. The maximum Gasteiger partial charge on any atom is 0.265 e. The average molecular weight is 265 g/mol. The first-order valence-corrected chi connectivity index (χ1v) is 6.37. The van der Waals surface area contributed by atoms with Crippen molar-refractivity contribution in [2.45, 2.75) is 25.9 Å². The van der Waals surface area contributed by atoms with Crippen LogP contribution >= 0.6 is 0 Å². The van der Waals surface area contributed by atoms with Crippen LogP contribution in [0.5, 0.6) is 0 Å². The van der Waals surface area contributed by atoms with Crippen LogP contribution in [-0.4, -0.2) is 29.1 Å². The minimum Gasteiger partial charge on any atom is -0.378 e. The highest BCUT2D eigenvalue weighted by Crippen LogP contribution is 2.22. The summed E-state index contributed by atoms with van der Waals surface area (Å²) >= 11 is 0. The van der Waals surface area contributed by atoms with Crippen molar-refractivity contribution in [3.05, 3.63) is 18.0 Å². The molecule has 0 spiro atoms. The molecule has 1 fully saturated rings. The van der Waals surface area contributed by atoms with Gasteiger partial charge in [-0.3, -0.25) is 9.59 Å². The molecule has 3 N–H and O–H groups in total. The van der Waals surface area contributed by atoms with E-state index in [-0.39, 0.29) is 17.9 Å². The van der Waals surface area contributed by atoms with Gasteiger partial charge in [-0.2, -0.15) is 0 Å². The van der Waals surface area contributed by atoms with Crippen LogP contribution in [-0.2, 0) is 16.6 Å². The molecular formula is C13H19N3O3. The Bertz CT molecular complexity index is 495. The summed E-state index contributed by atoms with van der Waals surface area (Å²) in [7, 11) is 1.71. The van der Waals surface area contributed by atoms with E-state index < -0.39 is 5.91 Å². The number of ether oxygens (including phenoxy) is 1. The van der Waals surface area contributed by atoms with Gasteiger partial charge in [-0.25, -0.2) is 0 Å². The van der Waals surface area contributed by atoms with E-state index in [9.17, 15) is 9.59 Å². The van der Waals surface area contributed by atoms with Gasteiger partial charge in [0.05, 0.1) is 17.7 Å². The predicted molar refractivity (Wildman–Crippen MR) is 70.7 cm³/mol. The van der Waals surface area contributed by atoms with Gasteiger partial charge in [0.15, 0.2) is 0 Å². The molecule has 2 heterocycles. The third kappa shape index (κ3) is 2.96. The molecule has 1 aliphatic rings. The molecule has 6 nitrogen and oxygen atoms in total. The molecule has 2 amide bonds. The van der Waals surface area contributed by atoms with Crippen molar-refractivity contribution in [1.82, 2.24) is 4.57 Å². The maximum atomic E-state index is 12.2. The Hall–Kier alpha value is -1.82. The number of carbonyl (C=O) groups is 2. The Morgan fingerprint density at radius 1 is 1.53 bits per heavy atom. The van der Waals surface area contributed by atoms with E-state index in [1.165, 1.54) is 0 Å². The van der Waals surface area contributed by atoms with Crippen LogP contribution in [0.3, 0.4) is 0 Å². The van der Waals surface area contributed by atoms with Gasteiger partial charge in [0, 0.05) is 19.9 Å². The second-order valence-corrected chi connectivity index (χ2v) is 4.90. The first-order chi connectivity index (χ1) is 8.99. The van der Waals surface area contributed by atoms with Crippen molar-refractivity contribution in [1.29, 1.82) is 0 Å². The standard InChI is InChI=1S/C13H19N3O3/c1-8-10(4-3-5-19-8)13(18)15-9-6-11(12(14)17)16(2)7-9/h6-8,10H,3-5H2,1-2H3,(H2,14,17)(H,15,18). The molecule has 19 heavy (non-hydrogen) atoms. The SMILES string of the molecule is CC1OCCCC1C(=O)Nc1cc(C(N)=O)n(C)c1. The van der Waals surface area contributed by atoms with Crippen LogP contribution in [0.4, 0.5) is 5.69 Å². The fourth-order valence-electron chi connectivity index (χ4n) is 2.38. The summed E-state index contributed by atoms with van der Waals surface area (Å²) < 4.78 is 7.07. The molecule has 0 saturated carbocycles. The largest absolute Gasteiger partial charge is 0.378 e. The Balaban J connectivity index is 2.06. The van der Waals surface area contributed by atoms with Crippen LogP contribution in [0.15, 0.2) is 12.3 Å². The molecule has 0 aromatic carbocycles. The molecule has 1 saturated heterocycles. The number of nitrogens with one attached hydrogen (secondary N) is 1. The highest BCUT2D eigenvalue weighted by Gasteiger charge is 2.28. The number of anilines is 1. The van der Waals surface area contributed by atoms with Gasteiger partial charge in [-0.1, -0.05) is 0 Å². The minimum absolute atomic E-state index is 0.0752. The summed E-state index contributed by atoms with van der Waals surface area (Å²) in [5.41, 5.74) is 6.18. The number of hydrogen-bond donors (Lipinski definition) is 2. The first kappa shape index (κ1) is 13.6. The van der Waals surface area contributed by atoms with Crippen molar-refractivity contribution in [2.75, 3.05) is 11.9 Å². The number of aryl methyl sites for hydroxylation is 1. The predicted octanol–water partition coefficient (Wildman–Crippen LogP) is 0.878. The van der Waals surface area contributed by atoms with Gasteiger partial charge in [0.1, 0.15) is 5.69 Å². The maximum absolute atomic E-state index is 12.2. The topological polar surface area (TPSA) is 86.3 Å². The van der Waals surface area contributed by atoms with Gasteiger partial charge < -0.3 is 20.4 Å². The van der Waals surface area contributed by atoms with Gasteiger partial charge in [0.25, 0.3) is 5.91 Å². The summed E-state index contributed by atoms with van der Waals surface area (Å²) in [4.78, 5) is 23.3. The number of primary amides is 1. The van der Waals surface area contributed by atoms with Crippen molar-refractivity contribution in [3.8, 4) is 0 Å². The molecule has 2 rings (SSSR count). The summed E-state index contributed by atoms with van der Waals surface area (Å²) in [6, 6.07) is 1.58. The monoisotopic (exact) mass is 265 g/mol. The van der Waals surface area contributed by atoms with Gasteiger partial charge >= 0.3 is 0 Å². The number of amides is 2. The highest BCUT2D eigenvalue weighted by atomic mass is 16.5. The number of hydrogen-bond acceptors (Lipinski definition) is 3. The number of nitrogens with two attached hydrogens (primary N) is 1. The lowest BCUT2D eigenvalue weighted by atomic mass is 9.94. The lowest BCUT2D eigenvalue weighted by Crippen LogP contribution is -2.36. The fourth-order valence-corrected chi connectivity index (χ4v) is 2.38. The molecular weight excluding hydrogens is 246 g/mol. The number of nitrogens with zero attached hydrogens (tertiary/aromatic N) is 1. The number of rotatable bonds is 3. The number of aromatic nitrogens is 1. The average Bonchev–Trinajstić information content (AvgIpc) is 2.70. The van der Waals surface area contributed by atoms with Crippen molar-refractivity contribution in [2.24, 2.45) is 18.7 Å². The third-order valence-electron chi connectivity index (χ3n) is 3.47. The number of carbonyl (C=O) groups excluding carboxylic acids is 2. The highest BCUT2D eigenvalue weighted by molar-refractivity contribution is 5.96. The van der Waals surface area contributed by atoms with Crippen LogP contribution < -0.4 is 11.1 Å². The van der Waals surface area contributed by atoms with E-state index in [4.69, 9.17) is 10.5 Å². The zero-order valence-corrected chi connectivity index (χ0v) is 11.2. The van der Waals surface area contributed by atoms with Gasteiger partial charge in [-0.05, 0) is 25.8 Å². The molecule has 2 atom stereocenters. The quantitative estimate of drug-likeness (QED) is 0.850. The lowest BCUT2D eigenvalue weighted by Gasteiger charge is -2.27. The van der Waals surface area contributed by atoms with Crippen LogP contribution in [0.2, 0.25) is 0 Å². The molecule has 1 aromatic rings. The first-order valence-electron chi connectivity index (χ1n) is 6.37. The van der Waals surface area contributed by atoms with Crippen molar-refractivity contribution >= 4 is 17.5 Å². The Kier molecular flexibility index (Phi) is 3.90. The van der Waals surface area contributed by atoms with E-state index in [0.29, 0.717) is 18.0 Å². The van der Waals surface area contributed by atoms with E-state index in [1.807, 2.05) is 6.92 Å². The third-order valence-corrected chi connectivity index (χ3v) is 3.47. The van der Waals surface area contributed by atoms with Crippen molar-refractivity contribution in [3.63, 3.8) is 0 Å². The zero-order chi connectivity index (χ0) is 14.0. The normalized spacial score (nSPS) is 23.1. The second-order valence-electron chi connectivity index (χ2n) is 4.90. The molecule has 1 aromatic heterocycles. The molecule has 6 heteroatoms. The van der Waals surface area contributed by atoms with E-state index >= 15 is 0 Å². The zero-order valence-electron chi connectivity index (χ0n) is 11.2. The smallest absolute Gasteiger partial charge is 0.265 e. The molecule has 0 radical (unpaired) electrons. The second kappa shape index (κ2) is 5.44. The summed E-state index contributed by atoms with van der Waals surface area (Å²) in [6.07, 6.45) is 3.31. The lowest BCUT2D eigenvalue weighted by molar-refractivity contribution is -0.127. The Morgan fingerprint density at radius 3 is 2.84 bits per heavy atom. The van der Waals surface area contributed by atoms with E-state index in [1.54, 1.807) is 23.9 Å². The summed E-state index contributed by atoms with van der Waals surface area (Å²) in [5, 5.41) is 2.81. The minimum atomic E-state index is -0.516. The van der Waals surface area contributed by atoms with Crippen LogP contribution in [0.25, 0.3) is 0 Å². The van der Waals surface area contributed by atoms with Crippen LogP contribution in [0, 0.1) is 5.92 Å². The van der Waals surface area contributed by atoms with Crippen LogP contribution in [0.1, 0.15) is 30.3 Å². The fraction of sp³-hybridized carbons (Fsp3) is 0.538. The van der Waals surface area contributed by atoms with E-state index in [2.05, 4.69) is 5.32 Å². The van der Waals surface area contributed by atoms with Crippen molar-refractivity contribution < 1.29 is 14.3 Å². The molecule has 0 bridgehead atoms. The van der Waals surface area contributed by atoms with Gasteiger partial charge in [0.2, 0.25) is 5.91 Å².